The van der Waals surface area contributed by atoms with Crippen molar-refractivity contribution >= 4 is 5.96 Å². The van der Waals surface area contributed by atoms with Crippen molar-refractivity contribution in [2.75, 3.05) is 26.2 Å². The highest BCUT2D eigenvalue weighted by molar-refractivity contribution is 5.78. The summed E-state index contributed by atoms with van der Waals surface area (Å²) in [5.74, 6) is 0.807. The minimum absolute atomic E-state index is 0.807. The molecular weight excluding hydrogens is 366 g/mol. The molecule has 0 aromatic rings. The number of hydrogen-bond donors (Lipinski definition) is 1. The van der Waals surface area contributed by atoms with E-state index in [-0.39, 0.29) is 0 Å². The maximum atomic E-state index is 8.47. The van der Waals surface area contributed by atoms with Gasteiger partial charge in [-0.1, -0.05) is 129 Å². The molecule has 0 saturated carbocycles. The van der Waals surface area contributed by atoms with Crippen molar-refractivity contribution in [1.29, 1.82) is 5.41 Å². The van der Waals surface area contributed by atoms with Crippen LogP contribution in [0.2, 0.25) is 0 Å². The van der Waals surface area contributed by atoms with E-state index in [1.54, 1.807) is 0 Å². The van der Waals surface area contributed by atoms with E-state index in [0.29, 0.717) is 0 Å². The largest absolute Gasteiger partial charge is 0.341 e. The predicted molar refractivity (Wildman–Crippen MR) is 135 cm³/mol. The van der Waals surface area contributed by atoms with Crippen LogP contribution in [-0.4, -0.2) is 41.9 Å². The molecule has 0 unspecified atom stereocenters. The van der Waals surface area contributed by atoms with E-state index in [2.05, 4.69) is 23.6 Å². The van der Waals surface area contributed by atoms with Crippen molar-refractivity contribution in [2.45, 2.75) is 142 Å². The van der Waals surface area contributed by atoms with Gasteiger partial charge in [0.2, 0.25) is 0 Å². The first-order valence-electron chi connectivity index (χ1n) is 13.9. The van der Waals surface area contributed by atoms with E-state index in [1.165, 1.54) is 128 Å². The lowest BCUT2D eigenvalue weighted by atomic mass is 10.1. The van der Waals surface area contributed by atoms with Crippen LogP contribution in [0.5, 0.6) is 0 Å². The van der Waals surface area contributed by atoms with Gasteiger partial charge >= 0.3 is 0 Å². The Labute approximate surface area is 189 Å². The van der Waals surface area contributed by atoms with Gasteiger partial charge in [-0.2, -0.15) is 0 Å². The van der Waals surface area contributed by atoms with Gasteiger partial charge in [0.25, 0.3) is 0 Å². The third kappa shape index (κ3) is 14.3. The van der Waals surface area contributed by atoms with Gasteiger partial charge < -0.3 is 9.80 Å². The van der Waals surface area contributed by atoms with Crippen LogP contribution in [0.3, 0.4) is 0 Å². The number of nitrogens with zero attached hydrogens (tertiary/aromatic N) is 2. The molecular formula is C27H55N3. The molecule has 0 atom stereocenters. The third-order valence-electron chi connectivity index (χ3n) is 6.80. The van der Waals surface area contributed by atoms with E-state index < -0.39 is 0 Å². The standard InChI is InChI=1S/C27H55N3/c1-3-5-7-9-11-13-15-17-19-21-23-29-25-26-30(27(29)28)24-22-20-18-16-14-12-10-8-6-4-2/h28H,3-26H2,1-2H3. The molecule has 0 bridgehead atoms. The van der Waals surface area contributed by atoms with Gasteiger partial charge in [0.05, 0.1) is 0 Å². The summed E-state index contributed by atoms with van der Waals surface area (Å²) in [4.78, 5) is 4.64. The van der Waals surface area contributed by atoms with Crippen LogP contribution in [0, 0.1) is 5.41 Å². The maximum absolute atomic E-state index is 8.47. The Balaban J connectivity index is 1.89. The zero-order valence-electron chi connectivity index (χ0n) is 20.9. The molecule has 1 aliphatic heterocycles. The highest BCUT2D eigenvalue weighted by Gasteiger charge is 2.23. The van der Waals surface area contributed by atoms with Crippen LogP contribution in [0.1, 0.15) is 142 Å². The fraction of sp³-hybridized carbons (Fsp3) is 0.963. The summed E-state index contributed by atoms with van der Waals surface area (Å²) in [7, 11) is 0. The number of guanidine groups is 1. The molecule has 1 heterocycles. The van der Waals surface area contributed by atoms with Crippen molar-refractivity contribution < 1.29 is 0 Å². The molecule has 3 heteroatoms. The van der Waals surface area contributed by atoms with E-state index >= 15 is 0 Å². The Morgan fingerprint density at radius 3 is 1.03 bits per heavy atom. The Bertz CT molecular complexity index is 348. The smallest absolute Gasteiger partial charge is 0.193 e. The normalized spacial score (nSPS) is 14.3. The molecule has 0 aromatic carbocycles. The quantitative estimate of drug-likeness (QED) is 0.178. The van der Waals surface area contributed by atoms with Crippen molar-refractivity contribution in [3.8, 4) is 0 Å². The molecule has 0 spiro atoms. The van der Waals surface area contributed by atoms with Crippen molar-refractivity contribution in [3.63, 3.8) is 0 Å². The van der Waals surface area contributed by atoms with Gasteiger partial charge in [0.1, 0.15) is 0 Å². The zero-order chi connectivity index (χ0) is 21.7. The third-order valence-corrected chi connectivity index (χ3v) is 6.80. The summed E-state index contributed by atoms with van der Waals surface area (Å²) in [6.07, 6.45) is 27.8. The number of nitrogens with one attached hydrogen (secondary N) is 1. The summed E-state index contributed by atoms with van der Waals surface area (Å²) < 4.78 is 0. The fourth-order valence-electron chi connectivity index (χ4n) is 4.67. The molecule has 3 nitrogen and oxygen atoms in total. The lowest BCUT2D eigenvalue weighted by Crippen LogP contribution is -2.33. The van der Waals surface area contributed by atoms with E-state index in [1.807, 2.05) is 0 Å². The molecule has 0 radical (unpaired) electrons. The maximum Gasteiger partial charge on any atom is 0.193 e. The summed E-state index contributed by atoms with van der Waals surface area (Å²) in [6.45, 7) is 8.93. The minimum Gasteiger partial charge on any atom is -0.341 e. The second-order valence-electron chi connectivity index (χ2n) is 9.66. The Morgan fingerprint density at radius 1 is 0.467 bits per heavy atom. The van der Waals surface area contributed by atoms with Crippen molar-refractivity contribution in [3.05, 3.63) is 0 Å². The second-order valence-corrected chi connectivity index (χ2v) is 9.66. The van der Waals surface area contributed by atoms with E-state index in [4.69, 9.17) is 5.41 Å². The lowest BCUT2D eigenvalue weighted by Gasteiger charge is -2.21. The van der Waals surface area contributed by atoms with Gasteiger partial charge in [-0.25, -0.2) is 0 Å². The van der Waals surface area contributed by atoms with Crippen LogP contribution >= 0.6 is 0 Å². The van der Waals surface area contributed by atoms with Crippen LogP contribution < -0.4 is 0 Å². The molecule has 178 valence electrons. The predicted octanol–water partition coefficient (Wildman–Crippen LogP) is 8.38. The Kier molecular flexibility index (Phi) is 18.4. The van der Waals surface area contributed by atoms with Crippen LogP contribution in [0.15, 0.2) is 0 Å². The van der Waals surface area contributed by atoms with Crippen molar-refractivity contribution in [2.24, 2.45) is 0 Å². The summed E-state index contributed by atoms with van der Waals surface area (Å²) >= 11 is 0. The first-order chi connectivity index (χ1) is 14.8. The average molecular weight is 422 g/mol. The Morgan fingerprint density at radius 2 is 0.733 bits per heavy atom. The molecule has 1 rings (SSSR count). The number of hydrogen-bond acceptors (Lipinski definition) is 1. The summed E-state index contributed by atoms with van der Waals surface area (Å²) in [6, 6.07) is 0. The second kappa shape index (κ2) is 20.2. The van der Waals surface area contributed by atoms with E-state index in [9.17, 15) is 0 Å². The van der Waals surface area contributed by atoms with Gasteiger partial charge in [-0.05, 0) is 12.8 Å². The Hall–Kier alpha value is -0.730. The fourth-order valence-corrected chi connectivity index (χ4v) is 4.67. The highest BCUT2D eigenvalue weighted by atomic mass is 15.4. The van der Waals surface area contributed by atoms with Gasteiger partial charge in [-0.3, -0.25) is 5.41 Å². The van der Waals surface area contributed by atoms with Crippen LogP contribution in [0.25, 0.3) is 0 Å². The first kappa shape index (κ1) is 27.3. The topological polar surface area (TPSA) is 30.3 Å². The first-order valence-corrected chi connectivity index (χ1v) is 13.9. The average Bonchev–Trinajstić information content (AvgIpc) is 3.10. The molecule has 1 N–H and O–H groups in total. The summed E-state index contributed by atoms with van der Waals surface area (Å²) in [5, 5.41) is 8.47. The zero-order valence-corrected chi connectivity index (χ0v) is 20.9. The lowest BCUT2D eigenvalue weighted by molar-refractivity contribution is 0.427. The summed E-state index contributed by atoms with van der Waals surface area (Å²) in [5.41, 5.74) is 0. The van der Waals surface area contributed by atoms with E-state index in [0.717, 1.165) is 32.1 Å². The highest BCUT2D eigenvalue weighted by Crippen LogP contribution is 2.15. The molecule has 30 heavy (non-hydrogen) atoms. The molecule has 1 saturated heterocycles. The number of rotatable bonds is 22. The van der Waals surface area contributed by atoms with Crippen LogP contribution in [-0.2, 0) is 0 Å². The minimum atomic E-state index is 0.807. The van der Waals surface area contributed by atoms with Crippen LogP contribution in [0.4, 0.5) is 0 Å². The SMILES string of the molecule is CCCCCCCCCCCCN1CCN(CCCCCCCCCCCC)C1=N. The molecule has 1 aliphatic rings. The monoisotopic (exact) mass is 421 g/mol. The van der Waals surface area contributed by atoms with Gasteiger partial charge in [-0.15, -0.1) is 0 Å². The molecule has 0 aromatic heterocycles. The van der Waals surface area contributed by atoms with Gasteiger partial charge in [0, 0.05) is 26.2 Å². The van der Waals surface area contributed by atoms with Crippen molar-refractivity contribution in [1.82, 2.24) is 9.80 Å². The number of unbranched alkanes of at least 4 members (excludes halogenated alkanes) is 18. The molecule has 0 aliphatic carbocycles. The molecule has 0 amide bonds. The molecule has 1 fully saturated rings. The van der Waals surface area contributed by atoms with Gasteiger partial charge in [0.15, 0.2) is 5.96 Å².